The van der Waals surface area contributed by atoms with Crippen LogP contribution in [0, 0.1) is 0 Å². The summed E-state index contributed by atoms with van der Waals surface area (Å²) in [5.41, 5.74) is 3.28. The van der Waals surface area contributed by atoms with Crippen LogP contribution >= 0.6 is 34.8 Å². The van der Waals surface area contributed by atoms with Crippen LogP contribution in [0.5, 0.6) is 0 Å². The minimum atomic E-state index is -0.974. The van der Waals surface area contributed by atoms with E-state index in [1.807, 2.05) is 42.5 Å². The van der Waals surface area contributed by atoms with Gasteiger partial charge in [0.05, 0.1) is 10.7 Å². The molecule has 0 unspecified atom stereocenters. The normalized spacial score (nSPS) is 11.6. The highest BCUT2D eigenvalue weighted by atomic mass is 35.5. The molecule has 0 saturated carbocycles. The zero-order valence-electron chi connectivity index (χ0n) is 19.1. The molecule has 0 spiro atoms. The van der Waals surface area contributed by atoms with Crippen molar-refractivity contribution in [3.63, 3.8) is 0 Å². The third-order valence-corrected chi connectivity index (χ3v) is 6.58. The Hall–Kier alpha value is -3.31. The van der Waals surface area contributed by atoms with Crippen molar-refractivity contribution in [2.24, 2.45) is 0 Å². The van der Waals surface area contributed by atoms with Gasteiger partial charge in [-0.25, -0.2) is 4.79 Å². The molecule has 0 aliphatic heterocycles. The van der Waals surface area contributed by atoms with Crippen molar-refractivity contribution >= 4 is 52.2 Å². The van der Waals surface area contributed by atoms with E-state index in [-0.39, 0.29) is 18.7 Å². The Morgan fingerprint density at radius 3 is 2.06 bits per heavy atom. The standard InChI is InChI=1S/C29H22Cl3NO3/c30-23-8-4-7-22(16-23)28(34)21-11-9-20(10-12-21)18-33(26-14-13-24(31)17-25(26)32)27(29(35)36)15-19-5-2-1-3-6-19/h1-14,16-17,27H,15,18H2,(H,35,36)/t27-/m0/s1. The minimum absolute atomic E-state index is 0.144. The second kappa shape index (κ2) is 11.6. The quantitative estimate of drug-likeness (QED) is 0.223. The molecule has 0 saturated heterocycles. The number of carboxylic acids is 1. The summed E-state index contributed by atoms with van der Waals surface area (Å²) in [5.74, 6) is -1.12. The molecule has 0 radical (unpaired) electrons. The molecule has 0 amide bonds. The summed E-state index contributed by atoms with van der Waals surface area (Å²) in [6, 6.07) is 27.4. The molecule has 1 atom stereocenters. The lowest BCUT2D eigenvalue weighted by molar-refractivity contribution is -0.138. The molecular weight excluding hydrogens is 517 g/mol. The average Bonchev–Trinajstić information content (AvgIpc) is 2.87. The first-order valence-corrected chi connectivity index (χ1v) is 12.3. The van der Waals surface area contributed by atoms with E-state index >= 15 is 0 Å². The SMILES string of the molecule is O=C(c1ccc(CN(c2ccc(Cl)cc2Cl)[C@@H](Cc2ccccc2)C(=O)O)cc1)c1cccc(Cl)c1. The lowest BCUT2D eigenvalue weighted by atomic mass is 10.0. The summed E-state index contributed by atoms with van der Waals surface area (Å²) in [7, 11) is 0. The van der Waals surface area contributed by atoms with Crippen molar-refractivity contribution in [3.05, 3.63) is 134 Å². The molecule has 0 aromatic heterocycles. The van der Waals surface area contributed by atoms with Gasteiger partial charge in [0.25, 0.3) is 0 Å². The van der Waals surface area contributed by atoms with Crippen LogP contribution in [-0.2, 0) is 17.8 Å². The fraction of sp³-hybridized carbons (Fsp3) is 0.103. The number of nitrogens with zero attached hydrogens (tertiary/aromatic N) is 1. The second-order valence-corrected chi connectivity index (χ2v) is 9.58. The van der Waals surface area contributed by atoms with Crippen LogP contribution in [0.25, 0.3) is 0 Å². The smallest absolute Gasteiger partial charge is 0.326 e. The van der Waals surface area contributed by atoms with E-state index in [2.05, 4.69) is 0 Å². The third-order valence-electron chi connectivity index (χ3n) is 5.81. The van der Waals surface area contributed by atoms with E-state index in [9.17, 15) is 14.7 Å². The summed E-state index contributed by atoms with van der Waals surface area (Å²) in [5, 5.41) is 11.5. The van der Waals surface area contributed by atoms with Crippen molar-refractivity contribution in [1.29, 1.82) is 0 Å². The van der Waals surface area contributed by atoms with Gasteiger partial charge in [-0.2, -0.15) is 0 Å². The number of ketones is 1. The number of carbonyl (C=O) groups is 2. The molecule has 4 nitrogen and oxygen atoms in total. The number of carboxylic acid groups (broad SMARTS) is 1. The predicted octanol–water partition coefficient (Wildman–Crippen LogP) is 7.58. The number of carbonyl (C=O) groups excluding carboxylic acids is 1. The fourth-order valence-corrected chi connectivity index (χ4v) is 4.71. The van der Waals surface area contributed by atoms with Crippen LogP contribution in [-0.4, -0.2) is 22.9 Å². The van der Waals surface area contributed by atoms with Gasteiger partial charge in [0.1, 0.15) is 6.04 Å². The largest absolute Gasteiger partial charge is 0.480 e. The molecule has 4 aromatic carbocycles. The summed E-state index contributed by atoms with van der Waals surface area (Å²) >= 11 is 18.6. The van der Waals surface area contributed by atoms with E-state index in [1.165, 1.54) is 0 Å². The van der Waals surface area contributed by atoms with E-state index in [0.29, 0.717) is 31.9 Å². The number of anilines is 1. The summed E-state index contributed by atoms with van der Waals surface area (Å²) < 4.78 is 0. The molecule has 0 aliphatic rings. The summed E-state index contributed by atoms with van der Waals surface area (Å²) in [6.07, 6.45) is 0.278. The van der Waals surface area contributed by atoms with Gasteiger partial charge >= 0.3 is 5.97 Å². The first-order valence-electron chi connectivity index (χ1n) is 11.2. The van der Waals surface area contributed by atoms with Gasteiger partial charge in [0, 0.05) is 34.1 Å². The lowest BCUT2D eigenvalue weighted by Gasteiger charge is -2.32. The Bertz CT molecular complexity index is 1370. The van der Waals surface area contributed by atoms with E-state index in [1.54, 1.807) is 59.5 Å². The number of hydrogen-bond donors (Lipinski definition) is 1. The average molecular weight is 539 g/mol. The third kappa shape index (κ3) is 6.27. The predicted molar refractivity (Wildman–Crippen MR) is 146 cm³/mol. The number of rotatable bonds is 9. The molecule has 0 aliphatic carbocycles. The highest BCUT2D eigenvalue weighted by molar-refractivity contribution is 6.36. The minimum Gasteiger partial charge on any atom is -0.480 e. The molecular formula is C29H22Cl3NO3. The number of hydrogen-bond acceptors (Lipinski definition) is 3. The van der Waals surface area contributed by atoms with Gasteiger partial charge in [-0.15, -0.1) is 0 Å². The van der Waals surface area contributed by atoms with Gasteiger partial charge in [-0.1, -0.05) is 102 Å². The molecule has 182 valence electrons. The van der Waals surface area contributed by atoms with Crippen LogP contribution in [0.2, 0.25) is 15.1 Å². The topological polar surface area (TPSA) is 57.6 Å². The van der Waals surface area contributed by atoms with Gasteiger partial charge in [-0.3, -0.25) is 4.79 Å². The summed E-state index contributed by atoms with van der Waals surface area (Å²) in [6.45, 7) is 0.261. The fourth-order valence-electron chi connectivity index (χ4n) is 4.00. The van der Waals surface area contributed by atoms with Crippen molar-refractivity contribution in [2.45, 2.75) is 19.0 Å². The maximum absolute atomic E-state index is 12.9. The Morgan fingerprint density at radius 1 is 0.722 bits per heavy atom. The Balaban J connectivity index is 1.65. The van der Waals surface area contributed by atoms with E-state index in [0.717, 1.165) is 11.1 Å². The highest BCUT2D eigenvalue weighted by Gasteiger charge is 2.28. The number of halogens is 3. The van der Waals surface area contributed by atoms with E-state index < -0.39 is 12.0 Å². The van der Waals surface area contributed by atoms with Crippen molar-refractivity contribution in [2.75, 3.05) is 4.90 Å². The van der Waals surface area contributed by atoms with Crippen LogP contribution in [0.1, 0.15) is 27.0 Å². The molecule has 4 aromatic rings. The molecule has 7 heteroatoms. The zero-order chi connectivity index (χ0) is 25.7. The number of aliphatic carboxylic acids is 1. The van der Waals surface area contributed by atoms with Gasteiger partial charge in [-0.05, 0) is 41.5 Å². The van der Waals surface area contributed by atoms with Crippen molar-refractivity contribution in [1.82, 2.24) is 0 Å². The van der Waals surface area contributed by atoms with Crippen LogP contribution in [0.3, 0.4) is 0 Å². The first-order chi connectivity index (χ1) is 17.3. The molecule has 0 heterocycles. The maximum Gasteiger partial charge on any atom is 0.326 e. The van der Waals surface area contributed by atoms with Crippen LogP contribution in [0.15, 0.2) is 97.1 Å². The lowest BCUT2D eigenvalue weighted by Crippen LogP contribution is -2.42. The molecule has 0 bridgehead atoms. The molecule has 36 heavy (non-hydrogen) atoms. The van der Waals surface area contributed by atoms with Gasteiger partial charge in [0.2, 0.25) is 0 Å². The maximum atomic E-state index is 12.9. The second-order valence-electron chi connectivity index (χ2n) is 8.30. The Labute approximate surface area is 224 Å². The van der Waals surface area contributed by atoms with Crippen molar-refractivity contribution < 1.29 is 14.7 Å². The Morgan fingerprint density at radius 2 is 1.42 bits per heavy atom. The van der Waals surface area contributed by atoms with Gasteiger partial charge < -0.3 is 10.0 Å². The highest BCUT2D eigenvalue weighted by Crippen LogP contribution is 2.32. The van der Waals surface area contributed by atoms with E-state index in [4.69, 9.17) is 34.8 Å². The number of benzene rings is 4. The van der Waals surface area contributed by atoms with Crippen molar-refractivity contribution in [3.8, 4) is 0 Å². The monoisotopic (exact) mass is 537 g/mol. The van der Waals surface area contributed by atoms with Crippen LogP contribution < -0.4 is 4.90 Å². The summed E-state index contributed by atoms with van der Waals surface area (Å²) in [4.78, 5) is 27.1. The first kappa shape index (κ1) is 25.8. The Kier molecular flexibility index (Phi) is 8.32. The molecule has 0 fully saturated rings. The van der Waals surface area contributed by atoms with Crippen LogP contribution in [0.4, 0.5) is 5.69 Å². The van der Waals surface area contributed by atoms with Gasteiger partial charge in [0.15, 0.2) is 5.78 Å². The molecule has 4 rings (SSSR count). The molecule has 1 N–H and O–H groups in total. The zero-order valence-corrected chi connectivity index (χ0v) is 21.3.